The molecule has 1 atom stereocenters. The number of rotatable bonds is 2. The van der Waals surface area contributed by atoms with Crippen LogP contribution in [-0.4, -0.2) is 44.2 Å². The second kappa shape index (κ2) is 7.79. The molecule has 1 spiro atoms. The Hall–Kier alpha value is -0.890. The summed E-state index contributed by atoms with van der Waals surface area (Å²) in [4.78, 5) is 6.67. The third-order valence-electron chi connectivity index (χ3n) is 4.82. The highest BCUT2D eigenvalue weighted by Gasteiger charge is 2.42. The Bertz CT molecular complexity index is 573. The van der Waals surface area contributed by atoms with Crippen LogP contribution in [0.25, 0.3) is 0 Å². The number of ether oxygens (including phenoxy) is 1. The summed E-state index contributed by atoms with van der Waals surface area (Å²) in [5.74, 6) is 0.738. The number of benzene rings is 1. The molecule has 1 unspecified atom stereocenters. The quantitative estimate of drug-likeness (QED) is 0.443. The minimum absolute atomic E-state index is 0. The van der Waals surface area contributed by atoms with Gasteiger partial charge in [-0.2, -0.15) is 0 Å². The smallest absolute Gasteiger partial charge is 0.193 e. The van der Waals surface area contributed by atoms with Crippen molar-refractivity contribution in [1.29, 1.82) is 0 Å². The molecule has 1 N–H and O–H groups in total. The van der Waals surface area contributed by atoms with Crippen molar-refractivity contribution in [1.82, 2.24) is 10.2 Å². The molecule has 2 aliphatic rings. The van der Waals surface area contributed by atoms with E-state index in [4.69, 9.17) is 4.74 Å². The molecule has 3 rings (SSSR count). The largest absolute Gasteiger partial charge is 0.381 e. The molecule has 0 saturated carbocycles. The first-order valence-electron chi connectivity index (χ1n) is 7.90. The summed E-state index contributed by atoms with van der Waals surface area (Å²) < 4.78 is 19.2. The summed E-state index contributed by atoms with van der Waals surface area (Å²) in [5.41, 5.74) is 1.92. The van der Waals surface area contributed by atoms with Gasteiger partial charge in [0.15, 0.2) is 5.96 Å². The first-order valence-corrected chi connectivity index (χ1v) is 7.90. The number of hydrogen-bond acceptors (Lipinski definition) is 2. The van der Waals surface area contributed by atoms with E-state index in [1.165, 1.54) is 0 Å². The normalized spacial score (nSPS) is 24.1. The highest BCUT2D eigenvalue weighted by Crippen LogP contribution is 2.38. The molecule has 2 fully saturated rings. The average molecular weight is 433 g/mol. The molecule has 0 radical (unpaired) electrons. The third-order valence-corrected chi connectivity index (χ3v) is 4.82. The fraction of sp³-hybridized carbons (Fsp3) is 0.588. The Morgan fingerprint density at radius 3 is 2.91 bits per heavy atom. The molecule has 0 aliphatic carbocycles. The molecule has 1 aromatic rings. The van der Waals surface area contributed by atoms with Crippen molar-refractivity contribution >= 4 is 29.9 Å². The van der Waals surface area contributed by atoms with E-state index in [9.17, 15) is 4.39 Å². The van der Waals surface area contributed by atoms with Gasteiger partial charge in [-0.05, 0) is 37.0 Å². The zero-order valence-corrected chi connectivity index (χ0v) is 16.1. The van der Waals surface area contributed by atoms with E-state index in [-0.39, 0.29) is 29.8 Å². The molecule has 0 aromatic heterocycles. The Morgan fingerprint density at radius 1 is 1.43 bits per heavy atom. The van der Waals surface area contributed by atoms with Crippen molar-refractivity contribution in [2.24, 2.45) is 10.4 Å². The molecular weight excluding hydrogens is 408 g/mol. The minimum Gasteiger partial charge on any atom is -0.381 e. The summed E-state index contributed by atoms with van der Waals surface area (Å²) in [6.45, 7) is 6.11. The Balaban J connectivity index is 0.00000192. The predicted molar refractivity (Wildman–Crippen MR) is 101 cm³/mol. The lowest BCUT2D eigenvalue weighted by Gasteiger charge is -2.25. The van der Waals surface area contributed by atoms with Crippen molar-refractivity contribution in [2.45, 2.75) is 26.3 Å². The van der Waals surface area contributed by atoms with Crippen molar-refractivity contribution in [3.8, 4) is 0 Å². The van der Waals surface area contributed by atoms with Crippen LogP contribution < -0.4 is 5.32 Å². The van der Waals surface area contributed by atoms with Crippen LogP contribution in [-0.2, 0) is 11.3 Å². The van der Waals surface area contributed by atoms with E-state index >= 15 is 0 Å². The topological polar surface area (TPSA) is 36.9 Å². The molecule has 0 bridgehead atoms. The molecule has 1 aromatic carbocycles. The Morgan fingerprint density at radius 2 is 2.26 bits per heavy atom. The summed E-state index contributed by atoms with van der Waals surface area (Å²) in [7, 11) is 1.80. The lowest BCUT2D eigenvalue weighted by molar-refractivity contribution is 0.156. The van der Waals surface area contributed by atoms with Crippen LogP contribution in [0.4, 0.5) is 4.39 Å². The van der Waals surface area contributed by atoms with Gasteiger partial charge in [0.1, 0.15) is 5.82 Å². The van der Waals surface area contributed by atoms with Crippen molar-refractivity contribution in [3.05, 3.63) is 35.1 Å². The van der Waals surface area contributed by atoms with E-state index in [2.05, 4.69) is 15.2 Å². The number of aliphatic imine (C=N–C) groups is 1. The summed E-state index contributed by atoms with van der Waals surface area (Å²) in [6.07, 6.45) is 2.30. The zero-order valence-electron chi connectivity index (χ0n) is 13.8. The molecule has 0 amide bonds. The van der Waals surface area contributed by atoms with Crippen molar-refractivity contribution in [2.75, 3.05) is 33.4 Å². The van der Waals surface area contributed by atoms with Gasteiger partial charge in [0, 0.05) is 38.7 Å². The average Bonchev–Trinajstić information content (AvgIpc) is 3.14. The number of nitrogens with zero attached hydrogens (tertiary/aromatic N) is 2. The molecular formula is C17H25FIN3O. The summed E-state index contributed by atoms with van der Waals surface area (Å²) in [5, 5.41) is 3.35. The molecule has 23 heavy (non-hydrogen) atoms. The summed E-state index contributed by atoms with van der Waals surface area (Å²) >= 11 is 0. The maximum Gasteiger partial charge on any atom is 0.193 e. The van der Waals surface area contributed by atoms with Crippen LogP contribution >= 0.6 is 24.0 Å². The number of guanidine groups is 1. The van der Waals surface area contributed by atoms with Gasteiger partial charge in [0.05, 0.1) is 6.61 Å². The SMILES string of the molecule is CN=C(NCc1ccc(C)c(F)c1)N1CCC2(CCOC2)C1.I. The van der Waals surface area contributed by atoms with E-state index in [0.717, 1.165) is 50.7 Å². The first-order chi connectivity index (χ1) is 10.6. The van der Waals surface area contributed by atoms with Gasteiger partial charge in [0.25, 0.3) is 0 Å². The maximum atomic E-state index is 13.6. The molecule has 2 heterocycles. The Kier molecular flexibility index (Phi) is 6.25. The van der Waals surface area contributed by atoms with Crippen LogP contribution in [0.2, 0.25) is 0 Å². The monoisotopic (exact) mass is 433 g/mol. The summed E-state index contributed by atoms with van der Waals surface area (Å²) in [6, 6.07) is 5.36. The van der Waals surface area contributed by atoms with Gasteiger partial charge in [-0.25, -0.2) is 4.39 Å². The minimum atomic E-state index is -0.155. The third kappa shape index (κ3) is 4.15. The number of hydrogen-bond donors (Lipinski definition) is 1. The van der Waals surface area contributed by atoms with Gasteiger partial charge in [-0.15, -0.1) is 24.0 Å². The second-order valence-electron chi connectivity index (χ2n) is 6.46. The van der Waals surface area contributed by atoms with E-state index in [1.54, 1.807) is 20.0 Å². The van der Waals surface area contributed by atoms with Crippen LogP contribution in [0.1, 0.15) is 24.0 Å². The van der Waals surface area contributed by atoms with E-state index < -0.39 is 0 Å². The number of likely N-dealkylation sites (tertiary alicyclic amines) is 1. The van der Waals surface area contributed by atoms with E-state index in [1.807, 2.05) is 12.1 Å². The Labute approximate surface area is 154 Å². The van der Waals surface area contributed by atoms with Crippen LogP contribution in [0.15, 0.2) is 23.2 Å². The highest BCUT2D eigenvalue weighted by molar-refractivity contribution is 14.0. The molecule has 4 nitrogen and oxygen atoms in total. The van der Waals surface area contributed by atoms with Crippen LogP contribution in [0.3, 0.4) is 0 Å². The number of nitrogens with one attached hydrogen (secondary N) is 1. The molecule has 2 aliphatic heterocycles. The molecule has 128 valence electrons. The zero-order chi connectivity index (χ0) is 15.6. The standard InChI is InChI=1S/C17H24FN3O.HI/c1-13-3-4-14(9-15(13)18)10-20-16(19-2)21-7-5-17(11-21)6-8-22-12-17;/h3-4,9H,5-8,10-12H2,1-2H3,(H,19,20);1H. The van der Waals surface area contributed by atoms with Crippen LogP contribution in [0, 0.1) is 18.2 Å². The first kappa shape index (κ1) is 18.4. The lowest BCUT2D eigenvalue weighted by Crippen LogP contribution is -2.41. The van der Waals surface area contributed by atoms with Gasteiger partial charge in [0.2, 0.25) is 0 Å². The fourth-order valence-corrected chi connectivity index (χ4v) is 3.35. The number of halogens is 2. The predicted octanol–water partition coefficient (Wildman–Crippen LogP) is 2.94. The van der Waals surface area contributed by atoms with Gasteiger partial charge in [-0.1, -0.05) is 12.1 Å². The van der Waals surface area contributed by atoms with E-state index in [0.29, 0.717) is 17.5 Å². The van der Waals surface area contributed by atoms with Crippen molar-refractivity contribution < 1.29 is 9.13 Å². The fourth-order valence-electron chi connectivity index (χ4n) is 3.35. The molecule has 2 saturated heterocycles. The maximum absolute atomic E-state index is 13.6. The van der Waals surface area contributed by atoms with Gasteiger partial charge in [-0.3, -0.25) is 4.99 Å². The second-order valence-corrected chi connectivity index (χ2v) is 6.46. The highest BCUT2D eigenvalue weighted by atomic mass is 127. The lowest BCUT2D eigenvalue weighted by atomic mass is 9.87. The van der Waals surface area contributed by atoms with Gasteiger partial charge < -0.3 is 15.0 Å². The van der Waals surface area contributed by atoms with Gasteiger partial charge >= 0.3 is 0 Å². The number of aryl methyl sites for hydroxylation is 1. The molecule has 6 heteroatoms. The van der Waals surface area contributed by atoms with Crippen LogP contribution in [0.5, 0.6) is 0 Å². The van der Waals surface area contributed by atoms with Crippen molar-refractivity contribution in [3.63, 3.8) is 0 Å².